The molecule has 0 aliphatic carbocycles. The number of aryl methyl sites for hydroxylation is 1. The lowest BCUT2D eigenvalue weighted by atomic mass is 10.2. The van der Waals surface area contributed by atoms with Crippen molar-refractivity contribution in [3.8, 4) is 0 Å². The van der Waals surface area contributed by atoms with Crippen LogP contribution < -0.4 is 5.32 Å². The molecule has 18 heavy (non-hydrogen) atoms. The average Bonchev–Trinajstić information content (AvgIpc) is 2.54. The van der Waals surface area contributed by atoms with Crippen molar-refractivity contribution in [1.29, 1.82) is 0 Å². The van der Waals surface area contributed by atoms with Gasteiger partial charge >= 0.3 is 0 Å². The van der Waals surface area contributed by atoms with Crippen molar-refractivity contribution in [2.24, 2.45) is 0 Å². The third-order valence-corrected chi connectivity index (χ3v) is 4.72. The van der Waals surface area contributed by atoms with Gasteiger partial charge in [0.25, 0.3) is 0 Å². The molecule has 1 fully saturated rings. The second-order valence-corrected chi connectivity index (χ2v) is 6.60. The van der Waals surface area contributed by atoms with E-state index in [1.807, 2.05) is 18.4 Å². The van der Waals surface area contributed by atoms with Gasteiger partial charge in [-0.15, -0.1) is 11.3 Å². The molecule has 1 N–H and O–H groups in total. The topological polar surface area (TPSA) is 18.5 Å². The molecule has 0 amide bonds. The van der Waals surface area contributed by atoms with Gasteiger partial charge < -0.3 is 10.2 Å². The maximum Gasteiger partial charge on any atom is 0.0296 e. The fourth-order valence-corrected chi connectivity index (χ4v) is 3.57. The predicted octanol–water partition coefficient (Wildman–Crippen LogP) is 1.91. The summed E-state index contributed by atoms with van der Waals surface area (Å²) in [5.41, 5.74) is 1.52. The lowest BCUT2D eigenvalue weighted by Crippen LogP contribution is -2.28. The first-order chi connectivity index (χ1) is 8.69. The van der Waals surface area contributed by atoms with E-state index in [2.05, 4.69) is 35.2 Å². The third-order valence-electron chi connectivity index (χ3n) is 3.63. The number of hydrogen-bond acceptors (Lipinski definition) is 4. The van der Waals surface area contributed by atoms with Crippen LogP contribution in [-0.2, 0) is 13.1 Å². The van der Waals surface area contributed by atoms with E-state index in [-0.39, 0.29) is 0 Å². The molecule has 0 atom stereocenters. The number of rotatable bonds is 4. The second kappa shape index (κ2) is 6.66. The minimum atomic E-state index is 0.994. The van der Waals surface area contributed by atoms with Crippen LogP contribution in [0.4, 0.5) is 0 Å². The maximum absolute atomic E-state index is 3.23. The molecule has 0 unspecified atom stereocenters. The van der Waals surface area contributed by atoms with Gasteiger partial charge in [0, 0.05) is 35.9 Å². The van der Waals surface area contributed by atoms with Crippen molar-refractivity contribution in [1.82, 2.24) is 15.1 Å². The van der Waals surface area contributed by atoms with Gasteiger partial charge in [-0.05, 0) is 52.2 Å². The number of nitrogens with one attached hydrogen (secondary N) is 1. The Balaban J connectivity index is 1.95. The molecule has 0 aromatic carbocycles. The molecule has 1 saturated heterocycles. The van der Waals surface area contributed by atoms with Crippen LogP contribution in [0.25, 0.3) is 0 Å². The summed E-state index contributed by atoms with van der Waals surface area (Å²) in [5.74, 6) is 0. The largest absolute Gasteiger partial charge is 0.315 e. The molecule has 1 aliphatic rings. The quantitative estimate of drug-likeness (QED) is 0.899. The highest BCUT2D eigenvalue weighted by molar-refractivity contribution is 7.12. The smallest absolute Gasteiger partial charge is 0.0296 e. The first-order valence-corrected chi connectivity index (χ1v) is 7.64. The van der Waals surface area contributed by atoms with Crippen LogP contribution in [0.15, 0.2) is 6.07 Å². The van der Waals surface area contributed by atoms with Crippen molar-refractivity contribution in [3.05, 3.63) is 21.4 Å². The Morgan fingerprint density at radius 1 is 1.28 bits per heavy atom. The third kappa shape index (κ3) is 3.79. The zero-order valence-electron chi connectivity index (χ0n) is 11.8. The zero-order chi connectivity index (χ0) is 13.0. The van der Waals surface area contributed by atoms with Crippen LogP contribution in [0.5, 0.6) is 0 Å². The lowest BCUT2D eigenvalue weighted by molar-refractivity contribution is 0.269. The number of likely N-dealkylation sites (N-methyl/N-ethyl adjacent to an activating group) is 1. The van der Waals surface area contributed by atoms with Crippen LogP contribution in [0.3, 0.4) is 0 Å². The summed E-state index contributed by atoms with van der Waals surface area (Å²) in [4.78, 5) is 7.98. The van der Waals surface area contributed by atoms with Gasteiger partial charge in [0.2, 0.25) is 0 Å². The highest BCUT2D eigenvalue weighted by Crippen LogP contribution is 2.23. The molecule has 3 nitrogen and oxygen atoms in total. The first-order valence-electron chi connectivity index (χ1n) is 6.82. The molecule has 102 valence electrons. The van der Waals surface area contributed by atoms with E-state index < -0.39 is 0 Å². The van der Waals surface area contributed by atoms with E-state index in [4.69, 9.17) is 0 Å². The Morgan fingerprint density at radius 3 is 2.89 bits per heavy atom. The minimum absolute atomic E-state index is 0.994. The molecule has 0 bridgehead atoms. The Labute approximate surface area is 115 Å². The molecule has 2 heterocycles. The summed E-state index contributed by atoms with van der Waals surface area (Å²) in [5, 5.41) is 3.23. The van der Waals surface area contributed by atoms with Gasteiger partial charge in [-0.1, -0.05) is 0 Å². The summed E-state index contributed by atoms with van der Waals surface area (Å²) in [6.45, 7) is 9.25. The fourth-order valence-electron chi connectivity index (χ4n) is 2.50. The molecule has 0 spiro atoms. The Bertz CT molecular complexity index is 375. The van der Waals surface area contributed by atoms with Crippen LogP contribution in [0, 0.1) is 6.92 Å². The molecular weight excluding hydrogens is 242 g/mol. The monoisotopic (exact) mass is 267 g/mol. The van der Waals surface area contributed by atoms with Gasteiger partial charge in [-0.2, -0.15) is 0 Å². The normalized spacial score (nSPS) is 19.1. The zero-order valence-corrected chi connectivity index (χ0v) is 12.6. The van der Waals surface area contributed by atoms with E-state index in [1.54, 1.807) is 0 Å². The molecular formula is C14H25N3S. The van der Waals surface area contributed by atoms with E-state index in [1.165, 1.54) is 47.9 Å². The summed E-state index contributed by atoms with van der Waals surface area (Å²) in [6, 6.07) is 2.38. The second-order valence-electron chi connectivity index (χ2n) is 5.26. The Kier molecular flexibility index (Phi) is 5.18. The van der Waals surface area contributed by atoms with Crippen molar-refractivity contribution in [3.63, 3.8) is 0 Å². The van der Waals surface area contributed by atoms with E-state index in [0.717, 1.165) is 13.1 Å². The van der Waals surface area contributed by atoms with Crippen LogP contribution in [0.2, 0.25) is 0 Å². The molecule has 0 radical (unpaired) electrons. The molecule has 0 saturated carbocycles. The van der Waals surface area contributed by atoms with E-state index >= 15 is 0 Å². The predicted molar refractivity (Wildman–Crippen MR) is 79.2 cm³/mol. The summed E-state index contributed by atoms with van der Waals surface area (Å²) in [6.07, 6.45) is 1.29. The van der Waals surface area contributed by atoms with Crippen molar-refractivity contribution < 1.29 is 0 Å². The number of nitrogens with zero attached hydrogens (tertiary/aromatic N) is 2. The minimum Gasteiger partial charge on any atom is -0.315 e. The summed E-state index contributed by atoms with van der Waals surface area (Å²) < 4.78 is 0. The van der Waals surface area contributed by atoms with E-state index in [0.29, 0.717) is 0 Å². The number of thiophene rings is 1. The lowest BCUT2D eigenvalue weighted by Gasteiger charge is -2.19. The summed E-state index contributed by atoms with van der Waals surface area (Å²) >= 11 is 1.93. The van der Waals surface area contributed by atoms with Crippen molar-refractivity contribution in [2.75, 3.05) is 40.3 Å². The Hall–Kier alpha value is -0.420. The van der Waals surface area contributed by atoms with Gasteiger partial charge in [0.15, 0.2) is 0 Å². The standard InChI is InChI=1S/C14H25N3S/c1-12-13(9-14(18-12)10-15-2)11-17-6-4-5-16(3)7-8-17/h9,15H,4-8,10-11H2,1-3H3. The molecule has 2 rings (SSSR count). The molecule has 1 aliphatic heterocycles. The molecule has 4 heteroatoms. The van der Waals surface area contributed by atoms with Crippen LogP contribution in [-0.4, -0.2) is 50.1 Å². The highest BCUT2D eigenvalue weighted by atomic mass is 32.1. The van der Waals surface area contributed by atoms with E-state index in [9.17, 15) is 0 Å². The SMILES string of the molecule is CNCc1cc(CN2CCCN(C)CC2)c(C)s1. The fraction of sp³-hybridized carbons (Fsp3) is 0.714. The average molecular weight is 267 g/mol. The Morgan fingerprint density at radius 2 is 2.11 bits per heavy atom. The van der Waals surface area contributed by atoms with Gasteiger partial charge in [-0.25, -0.2) is 0 Å². The van der Waals surface area contributed by atoms with Gasteiger partial charge in [-0.3, -0.25) is 4.90 Å². The molecule has 1 aromatic rings. The highest BCUT2D eigenvalue weighted by Gasteiger charge is 2.14. The first kappa shape index (κ1) is 14.0. The maximum atomic E-state index is 3.23. The summed E-state index contributed by atoms with van der Waals surface area (Å²) in [7, 11) is 4.24. The van der Waals surface area contributed by atoms with Crippen LogP contribution in [0.1, 0.15) is 21.7 Å². The van der Waals surface area contributed by atoms with Crippen LogP contribution >= 0.6 is 11.3 Å². The van der Waals surface area contributed by atoms with Crippen molar-refractivity contribution in [2.45, 2.75) is 26.4 Å². The van der Waals surface area contributed by atoms with Gasteiger partial charge in [0.05, 0.1) is 0 Å². The number of hydrogen-bond donors (Lipinski definition) is 1. The van der Waals surface area contributed by atoms with Crippen molar-refractivity contribution >= 4 is 11.3 Å². The van der Waals surface area contributed by atoms with Gasteiger partial charge in [0.1, 0.15) is 0 Å². The molecule has 1 aromatic heterocycles.